The summed E-state index contributed by atoms with van der Waals surface area (Å²) < 4.78 is 21.8. The van der Waals surface area contributed by atoms with E-state index in [2.05, 4.69) is 33.0 Å². The highest BCUT2D eigenvalue weighted by atomic mass is 19.1. The summed E-state index contributed by atoms with van der Waals surface area (Å²) in [4.78, 5) is 0. The zero-order chi connectivity index (χ0) is 22.5. The molecule has 6 rings (SSSR count). The summed E-state index contributed by atoms with van der Waals surface area (Å²) in [5, 5.41) is 19.9. The average molecular weight is 442 g/mol. The molecule has 6 heteroatoms. The van der Waals surface area contributed by atoms with Crippen LogP contribution in [-0.4, -0.2) is 33.1 Å². The number of hydrogen-bond acceptors (Lipinski definition) is 3. The third-order valence-corrected chi connectivity index (χ3v) is 6.75. The third kappa shape index (κ3) is 3.29. The van der Waals surface area contributed by atoms with E-state index >= 15 is 0 Å². The fraction of sp³-hybridized carbons (Fsp3) is 0.222. The fourth-order valence-corrected chi connectivity index (χ4v) is 5.04. The van der Waals surface area contributed by atoms with Crippen molar-refractivity contribution >= 4 is 21.8 Å². The first kappa shape index (κ1) is 20.0. The molecule has 0 aliphatic carbocycles. The number of ether oxygens (including phenoxy) is 1. The van der Waals surface area contributed by atoms with Crippen molar-refractivity contribution in [3.05, 3.63) is 77.9 Å². The van der Waals surface area contributed by atoms with E-state index in [0.717, 1.165) is 57.0 Å². The molecule has 0 spiro atoms. The van der Waals surface area contributed by atoms with Crippen LogP contribution in [-0.2, 0) is 4.74 Å². The number of hydrogen-bond donors (Lipinski definition) is 2. The van der Waals surface area contributed by atoms with Crippen LogP contribution in [0.25, 0.3) is 38.6 Å². The molecule has 0 unspecified atom stereocenters. The van der Waals surface area contributed by atoms with Gasteiger partial charge >= 0.3 is 0 Å². The Morgan fingerprint density at radius 2 is 1.85 bits per heavy atom. The van der Waals surface area contributed by atoms with Crippen molar-refractivity contribution in [2.24, 2.45) is 0 Å². The molecule has 1 aliphatic heterocycles. The Kier molecular flexibility index (Phi) is 4.69. The molecule has 0 saturated carbocycles. The first-order chi connectivity index (χ1) is 16.1. The fourth-order valence-electron chi connectivity index (χ4n) is 5.04. The van der Waals surface area contributed by atoms with Crippen molar-refractivity contribution in [3.63, 3.8) is 0 Å². The summed E-state index contributed by atoms with van der Waals surface area (Å²) in [6, 6.07) is 16.8. The Labute approximate surface area is 190 Å². The summed E-state index contributed by atoms with van der Waals surface area (Å²) in [7, 11) is 0. The lowest BCUT2D eigenvalue weighted by Crippen LogP contribution is -2.17. The van der Waals surface area contributed by atoms with Crippen molar-refractivity contribution < 1.29 is 14.2 Å². The Morgan fingerprint density at radius 1 is 1.06 bits per heavy atom. The van der Waals surface area contributed by atoms with E-state index in [4.69, 9.17) is 4.74 Å². The average Bonchev–Trinajstić information content (AvgIpc) is 3.42. The van der Waals surface area contributed by atoms with E-state index in [1.807, 2.05) is 37.4 Å². The molecule has 5 nitrogen and oxygen atoms in total. The number of fused-ring (bicyclic) bond motifs is 2. The number of aromatic amines is 1. The number of H-pyrrole nitrogens is 1. The topological polar surface area (TPSA) is 63.1 Å². The largest absolute Gasteiger partial charge is 0.508 e. The molecule has 3 aromatic carbocycles. The van der Waals surface area contributed by atoms with Crippen molar-refractivity contribution in [2.45, 2.75) is 25.7 Å². The van der Waals surface area contributed by atoms with Gasteiger partial charge in [-0.3, -0.25) is 5.10 Å². The van der Waals surface area contributed by atoms with Gasteiger partial charge < -0.3 is 14.4 Å². The van der Waals surface area contributed by atoms with Crippen LogP contribution in [0.1, 0.15) is 30.0 Å². The van der Waals surface area contributed by atoms with Gasteiger partial charge in [-0.05, 0) is 73.4 Å². The summed E-state index contributed by atoms with van der Waals surface area (Å²) in [6.45, 7) is 3.31. The molecular weight excluding hydrogens is 417 g/mol. The van der Waals surface area contributed by atoms with Crippen molar-refractivity contribution in [1.29, 1.82) is 0 Å². The monoisotopic (exact) mass is 441 g/mol. The molecular formula is C27H24FN3O2. The Balaban J connectivity index is 1.75. The molecule has 0 amide bonds. The number of benzene rings is 3. The number of nitrogens with one attached hydrogen (secondary N) is 1. The van der Waals surface area contributed by atoms with E-state index in [1.54, 1.807) is 0 Å². The summed E-state index contributed by atoms with van der Waals surface area (Å²) >= 11 is 0. The number of aromatic hydroxyl groups is 1. The van der Waals surface area contributed by atoms with E-state index in [1.165, 1.54) is 17.8 Å². The minimum Gasteiger partial charge on any atom is -0.508 e. The van der Waals surface area contributed by atoms with Crippen LogP contribution in [0.15, 0.2) is 60.8 Å². The highest BCUT2D eigenvalue weighted by Crippen LogP contribution is 2.45. The van der Waals surface area contributed by atoms with Gasteiger partial charge in [-0.25, -0.2) is 4.39 Å². The van der Waals surface area contributed by atoms with E-state index < -0.39 is 0 Å². The predicted octanol–water partition coefficient (Wildman–Crippen LogP) is 6.22. The first-order valence-corrected chi connectivity index (χ1v) is 11.3. The lowest BCUT2D eigenvalue weighted by molar-refractivity contribution is 0.0843. The van der Waals surface area contributed by atoms with E-state index in [0.29, 0.717) is 13.2 Å². The van der Waals surface area contributed by atoms with Crippen molar-refractivity contribution in [2.75, 3.05) is 13.2 Å². The normalized spacial score (nSPS) is 15.0. The zero-order valence-electron chi connectivity index (χ0n) is 18.3. The number of phenolic OH excluding ortho intramolecular Hbond substituents is 1. The molecule has 166 valence electrons. The standard InChI is InChI=1S/C27H24FN3O2/c1-16-2-3-18(13-25(16)32)26-22-14-23-19(15-29-30-23)12-24(22)31(21-6-4-20(28)5-7-21)27(26)17-8-10-33-11-9-17/h2-7,12-15,17,32H,8-11H2,1H3,(H,29,30). The van der Waals surface area contributed by atoms with Gasteiger partial charge in [0.2, 0.25) is 0 Å². The number of aryl methyl sites for hydroxylation is 1. The molecule has 1 saturated heterocycles. The summed E-state index contributed by atoms with van der Waals surface area (Å²) in [5.74, 6) is 0.283. The van der Waals surface area contributed by atoms with Crippen LogP contribution in [0.3, 0.4) is 0 Å². The second-order valence-corrected chi connectivity index (χ2v) is 8.79. The van der Waals surface area contributed by atoms with Gasteiger partial charge in [0.05, 0.1) is 17.2 Å². The van der Waals surface area contributed by atoms with Gasteiger partial charge in [0.25, 0.3) is 0 Å². The van der Waals surface area contributed by atoms with Crippen LogP contribution < -0.4 is 0 Å². The zero-order valence-corrected chi connectivity index (χ0v) is 18.3. The smallest absolute Gasteiger partial charge is 0.123 e. The highest BCUT2D eigenvalue weighted by Gasteiger charge is 2.28. The van der Waals surface area contributed by atoms with Crippen LogP contribution in [0.5, 0.6) is 5.75 Å². The van der Waals surface area contributed by atoms with Crippen LogP contribution in [0.2, 0.25) is 0 Å². The molecule has 2 aromatic heterocycles. The lowest BCUT2D eigenvalue weighted by Gasteiger charge is -2.26. The second kappa shape index (κ2) is 7.74. The predicted molar refractivity (Wildman–Crippen MR) is 128 cm³/mol. The number of aromatic nitrogens is 3. The lowest BCUT2D eigenvalue weighted by atomic mass is 9.89. The highest BCUT2D eigenvalue weighted by molar-refractivity contribution is 6.05. The van der Waals surface area contributed by atoms with Crippen molar-refractivity contribution in [1.82, 2.24) is 14.8 Å². The van der Waals surface area contributed by atoms with E-state index in [-0.39, 0.29) is 17.5 Å². The summed E-state index contributed by atoms with van der Waals surface area (Å²) in [6.07, 6.45) is 3.63. The Hall–Kier alpha value is -3.64. The third-order valence-electron chi connectivity index (χ3n) is 6.75. The molecule has 0 bridgehead atoms. The molecule has 0 atom stereocenters. The second-order valence-electron chi connectivity index (χ2n) is 8.79. The number of nitrogens with zero attached hydrogens (tertiary/aromatic N) is 2. The number of halogens is 1. The maximum absolute atomic E-state index is 13.8. The van der Waals surface area contributed by atoms with Crippen LogP contribution in [0, 0.1) is 12.7 Å². The Bertz CT molecular complexity index is 1480. The number of rotatable bonds is 3. The van der Waals surface area contributed by atoms with Crippen LogP contribution >= 0.6 is 0 Å². The van der Waals surface area contributed by atoms with Gasteiger partial charge in [-0.15, -0.1) is 0 Å². The molecule has 5 aromatic rings. The molecule has 1 fully saturated rings. The maximum Gasteiger partial charge on any atom is 0.123 e. The Morgan fingerprint density at radius 3 is 2.61 bits per heavy atom. The SMILES string of the molecule is Cc1ccc(-c2c(C3CCOCC3)n(-c3ccc(F)cc3)c3cc4cn[nH]c4cc23)cc1O. The minimum atomic E-state index is -0.260. The molecule has 3 heterocycles. The van der Waals surface area contributed by atoms with Crippen LogP contribution in [0.4, 0.5) is 4.39 Å². The van der Waals surface area contributed by atoms with Gasteiger partial charge in [0.1, 0.15) is 11.6 Å². The van der Waals surface area contributed by atoms with Gasteiger partial charge in [-0.2, -0.15) is 5.10 Å². The van der Waals surface area contributed by atoms with Gasteiger partial charge in [0.15, 0.2) is 0 Å². The maximum atomic E-state index is 13.8. The number of phenols is 1. The van der Waals surface area contributed by atoms with Gasteiger partial charge in [0, 0.05) is 46.8 Å². The van der Waals surface area contributed by atoms with E-state index in [9.17, 15) is 9.50 Å². The molecule has 33 heavy (non-hydrogen) atoms. The van der Waals surface area contributed by atoms with Crippen molar-refractivity contribution in [3.8, 4) is 22.6 Å². The molecule has 2 N–H and O–H groups in total. The molecule has 1 aliphatic rings. The summed E-state index contributed by atoms with van der Waals surface area (Å²) in [5.41, 5.74) is 6.96. The minimum absolute atomic E-state index is 0.260. The quantitative estimate of drug-likeness (QED) is 0.349. The molecule has 0 radical (unpaired) electrons. The first-order valence-electron chi connectivity index (χ1n) is 11.3. The van der Waals surface area contributed by atoms with Gasteiger partial charge in [-0.1, -0.05) is 12.1 Å².